The number of rotatable bonds is 5. The second-order valence-corrected chi connectivity index (χ2v) is 5.09. The fourth-order valence-corrected chi connectivity index (χ4v) is 2.51. The third-order valence-corrected chi connectivity index (χ3v) is 3.46. The molecule has 1 heterocycles. The van der Waals surface area contributed by atoms with Gasteiger partial charge in [0, 0.05) is 12.6 Å². The number of benzene rings is 1. The Labute approximate surface area is 118 Å². The molecule has 0 saturated carbocycles. The van der Waals surface area contributed by atoms with E-state index in [0.717, 1.165) is 18.4 Å². The van der Waals surface area contributed by atoms with Crippen LogP contribution in [0.1, 0.15) is 24.8 Å². The predicted octanol–water partition coefficient (Wildman–Crippen LogP) is 1.84. The summed E-state index contributed by atoms with van der Waals surface area (Å²) in [5, 5.41) is 8.84. The Hall–Kier alpha value is -2.04. The minimum Gasteiger partial charge on any atom is -0.484 e. The minimum atomic E-state index is -0.866. The van der Waals surface area contributed by atoms with Crippen LogP contribution in [0, 0.1) is 6.92 Å². The van der Waals surface area contributed by atoms with Gasteiger partial charge >= 0.3 is 5.97 Å². The van der Waals surface area contributed by atoms with Crippen LogP contribution in [0.4, 0.5) is 0 Å². The van der Waals surface area contributed by atoms with Crippen LogP contribution in [-0.2, 0) is 9.59 Å². The molecule has 0 spiro atoms. The number of ether oxygens (including phenoxy) is 1. The maximum atomic E-state index is 12.1. The molecule has 1 aromatic rings. The van der Waals surface area contributed by atoms with Crippen LogP contribution in [0.5, 0.6) is 5.75 Å². The van der Waals surface area contributed by atoms with E-state index in [1.54, 1.807) is 11.0 Å². The topological polar surface area (TPSA) is 66.8 Å². The van der Waals surface area contributed by atoms with Gasteiger partial charge in [-0.15, -0.1) is 0 Å². The highest BCUT2D eigenvalue weighted by molar-refractivity contribution is 5.79. The van der Waals surface area contributed by atoms with Crippen molar-refractivity contribution in [3.05, 3.63) is 29.8 Å². The van der Waals surface area contributed by atoms with Crippen LogP contribution < -0.4 is 4.74 Å². The van der Waals surface area contributed by atoms with Crippen LogP contribution in [0.3, 0.4) is 0 Å². The lowest BCUT2D eigenvalue weighted by atomic mass is 10.1. The van der Waals surface area contributed by atoms with E-state index in [0.29, 0.717) is 12.3 Å². The van der Waals surface area contributed by atoms with E-state index in [1.165, 1.54) is 0 Å². The van der Waals surface area contributed by atoms with Crippen LogP contribution in [0.2, 0.25) is 0 Å². The number of hydrogen-bond donors (Lipinski definition) is 1. The number of aryl methyl sites for hydroxylation is 1. The van der Waals surface area contributed by atoms with Crippen molar-refractivity contribution in [3.8, 4) is 5.75 Å². The molecular formula is C15H19NO4. The first-order valence-corrected chi connectivity index (χ1v) is 6.77. The molecule has 1 fully saturated rings. The molecule has 1 aliphatic rings. The molecule has 108 valence electrons. The van der Waals surface area contributed by atoms with E-state index in [2.05, 4.69) is 0 Å². The van der Waals surface area contributed by atoms with Crippen molar-refractivity contribution in [3.63, 3.8) is 0 Å². The van der Waals surface area contributed by atoms with E-state index in [-0.39, 0.29) is 25.0 Å². The minimum absolute atomic E-state index is 0.0101. The monoisotopic (exact) mass is 277 g/mol. The molecule has 0 aliphatic carbocycles. The number of amides is 1. The van der Waals surface area contributed by atoms with Gasteiger partial charge < -0.3 is 14.7 Å². The number of carbonyl (C=O) groups excluding carboxylic acids is 1. The lowest BCUT2D eigenvalue weighted by Gasteiger charge is -2.23. The third-order valence-electron chi connectivity index (χ3n) is 3.46. The lowest BCUT2D eigenvalue weighted by Crippen LogP contribution is -2.39. The summed E-state index contributed by atoms with van der Waals surface area (Å²) >= 11 is 0. The number of carboxylic acid groups (broad SMARTS) is 1. The number of aliphatic carboxylic acids is 1. The van der Waals surface area contributed by atoms with Crippen molar-refractivity contribution in [2.45, 2.75) is 32.2 Å². The average molecular weight is 277 g/mol. The van der Waals surface area contributed by atoms with Gasteiger partial charge in [0.15, 0.2) is 6.61 Å². The van der Waals surface area contributed by atoms with Crippen molar-refractivity contribution in [1.29, 1.82) is 0 Å². The Morgan fingerprint density at radius 2 is 2.25 bits per heavy atom. The molecule has 1 atom stereocenters. The van der Waals surface area contributed by atoms with Crippen LogP contribution in [0.15, 0.2) is 24.3 Å². The second kappa shape index (κ2) is 6.41. The average Bonchev–Trinajstić information content (AvgIpc) is 2.83. The molecule has 1 unspecified atom stereocenters. The first-order chi connectivity index (χ1) is 9.56. The summed E-state index contributed by atoms with van der Waals surface area (Å²) in [5.74, 6) is -0.350. The zero-order chi connectivity index (χ0) is 14.5. The number of carboxylic acids is 1. The summed E-state index contributed by atoms with van der Waals surface area (Å²) in [6.07, 6.45) is 1.62. The summed E-state index contributed by atoms with van der Waals surface area (Å²) in [6, 6.07) is 7.31. The summed E-state index contributed by atoms with van der Waals surface area (Å²) in [7, 11) is 0. The molecule has 1 saturated heterocycles. The highest BCUT2D eigenvalue weighted by Crippen LogP contribution is 2.20. The molecule has 1 aromatic carbocycles. The Kier molecular flexibility index (Phi) is 4.61. The van der Waals surface area contributed by atoms with Gasteiger partial charge in [-0.2, -0.15) is 0 Å². The normalized spacial score (nSPS) is 18.1. The van der Waals surface area contributed by atoms with E-state index in [1.807, 2.05) is 25.1 Å². The zero-order valence-electron chi connectivity index (χ0n) is 11.5. The maximum Gasteiger partial charge on any atom is 0.305 e. The predicted molar refractivity (Wildman–Crippen MR) is 73.7 cm³/mol. The van der Waals surface area contributed by atoms with Gasteiger partial charge in [0.1, 0.15) is 5.75 Å². The largest absolute Gasteiger partial charge is 0.484 e. The Morgan fingerprint density at radius 1 is 1.45 bits per heavy atom. The fraction of sp³-hybridized carbons (Fsp3) is 0.467. The highest BCUT2D eigenvalue weighted by atomic mass is 16.5. The van der Waals surface area contributed by atoms with Gasteiger partial charge in [0.05, 0.1) is 6.42 Å². The molecular weight excluding hydrogens is 258 g/mol. The van der Waals surface area contributed by atoms with Gasteiger partial charge in [-0.25, -0.2) is 0 Å². The van der Waals surface area contributed by atoms with Gasteiger partial charge in [-0.05, 0) is 37.5 Å². The first-order valence-electron chi connectivity index (χ1n) is 6.77. The summed E-state index contributed by atoms with van der Waals surface area (Å²) < 4.78 is 5.48. The number of carbonyl (C=O) groups is 2. The van der Waals surface area contributed by atoms with E-state index >= 15 is 0 Å². The van der Waals surface area contributed by atoms with Gasteiger partial charge in [-0.1, -0.05) is 12.1 Å². The van der Waals surface area contributed by atoms with Gasteiger partial charge in [0.2, 0.25) is 0 Å². The molecule has 5 nitrogen and oxygen atoms in total. The molecule has 20 heavy (non-hydrogen) atoms. The van der Waals surface area contributed by atoms with E-state index in [9.17, 15) is 9.59 Å². The molecule has 1 amide bonds. The van der Waals surface area contributed by atoms with Crippen LogP contribution in [0.25, 0.3) is 0 Å². The smallest absolute Gasteiger partial charge is 0.305 e. The van der Waals surface area contributed by atoms with Crippen LogP contribution >= 0.6 is 0 Å². The molecule has 5 heteroatoms. The Morgan fingerprint density at radius 3 is 2.95 bits per heavy atom. The van der Waals surface area contributed by atoms with E-state index in [4.69, 9.17) is 9.84 Å². The second-order valence-electron chi connectivity index (χ2n) is 5.09. The Balaban J connectivity index is 1.89. The molecule has 0 aromatic heterocycles. The van der Waals surface area contributed by atoms with Crippen molar-refractivity contribution < 1.29 is 19.4 Å². The van der Waals surface area contributed by atoms with Gasteiger partial charge in [0.25, 0.3) is 5.91 Å². The van der Waals surface area contributed by atoms with E-state index < -0.39 is 5.97 Å². The molecule has 2 rings (SSSR count). The SMILES string of the molecule is Cc1cccc(OCC(=O)N2CCCC2CC(=O)O)c1. The van der Waals surface area contributed by atoms with Crippen molar-refractivity contribution in [2.24, 2.45) is 0 Å². The third kappa shape index (κ3) is 3.73. The molecule has 0 radical (unpaired) electrons. The summed E-state index contributed by atoms with van der Waals surface area (Å²) in [4.78, 5) is 24.5. The standard InChI is InChI=1S/C15H19NO4/c1-11-4-2-6-13(8-11)20-10-14(17)16-7-3-5-12(16)9-15(18)19/h2,4,6,8,12H,3,5,7,9-10H2,1H3,(H,18,19). The fourth-order valence-electron chi connectivity index (χ4n) is 2.51. The quantitative estimate of drug-likeness (QED) is 0.891. The number of nitrogens with zero attached hydrogens (tertiary/aromatic N) is 1. The lowest BCUT2D eigenvalue weighted by molar-refractivity contribution is -0.140. The maximum absolute atomic E-state index is 12.1. The molecule has 1 N–H and O–H groups in total. The van der Waals surface area contributed by atoms with Crippen molar-refractivity contribution >= 4 is 11.9 Å². The van der Waals surface area contributed by atoms with Crippen molar-refractivity contribution in [1.82, 2.24) is 4.90 Å². The number of hydrogen-bond acceptors (Lipinski definition) is 3. The highest BCUT2D eigenvalue weighted by Gasteiger charge is 2.30. The van der Waals surface area contributed by atoms with Crippen LogP contribution in [-0.4, -0.2) is 41.1 Å². The Bertz CT molecular complexity index is 500. The molecule has 1 aliphatic heterocycles. The molecule has 0 bridgehead atoms. The zero-order valence-corrected chi connectivity index (χ0v) is 11.5. The first kappa shape index (κ1) is 14.4. The van der Waals surface area contributed by atoms with Gasteiger partial charge in [-0.3, -0.25) is 9.59 Å². The summed E-state index contributed by atoms with van der Waals surface area (Å²) in [5.41, 5.74) is 1.07. The van der Waals surface area contributed by atoms with Crippen molar-refractivity contribution in [2.75, 3.05) is 13.2 Å². The number of likely N-dealkylation sites (tertiary alicyclic amines) is 1. The summed E-state index contributed by atoms with van der Waals surface area (Å²) in [6.45, 7) is 2.53.